The molecule has 0 aliphatic heterocycles. The summed E-state index contributed by atoms with van der Waals surface area (Å²) < 4.78 is 15.9. The van der Waals surface area contributed by atoms with E-state index in [2.05, 4.69) is 29.3 Å². The van der Waals surface area contributed by atoms with E-state index in [1.54, 1.807) is 26.4 Å². The van der Waals surface area contributed by atoms with E-state index in [-0.39, 0.29) is 11.9 Å². The van der Waals surface area contributed by atoms with E-state index in [0.717, 1.165) is 12.0 Å². The maximum atomic E-state index is 12.3. The Labute approximate surface area is 165 Å². The molecule has 1 aliphatic rings. The molecule has 1 N–H and O–H groups in total. The Bertz CT molecular complexity index is 805. The molecule has 0 bridgehead atoms. The molecule has 3 rings (SSSR count). The topological polar surface area (TPSA) is 86.5 Å². The van der Waals surface area contributed by atoms with Gasteiger partial charge >= 0.3 is 0 Å². The molecule has 152 valence electrons. The second-order valence-corrected chi connectivity index (χ2v) is 7.52. The van der Waals surface area contributed by atoms with Gasteiger partial charge in [0.25, 0.3) is 0 Å². The lowest BCUT2D eigenvalue weighted by Gasteiger charge is -2.34. The molecule has 1 fully saturated rings. The third-order valence-corrected chi connectivity index (χ3v) is 5.73. The number of aromatic nitrogens is 2. The molecule has 7 heteroatoms. The summed E-state index contributed by atoms with van der Waals surface area (Å²) >= 11 is 0. The third kappa shape index (κ3) is 4.64. The minimum Gasteiger partial charge on any atom is -0.493 e. The molecule has 0 saturated heterocycles. The molecule has 1 aromatic heterocycles. The lowest BCUT2D eigenvalue weighted by Crippen LogP contribution is -2.43. The average Bonchev–Trinajstić information content (AvgIpc) is 3.18. The molecule has 1 heterocycles. The molecule has 1 aliphatic carbocycles. The predicted octanol–water partition coefficient (Wildman–Crippen LogP) is 3.63. The highest BCUT2D eigenvalue weighted by Crippen LogP contribution is 2.31. The number of hydrogen-bond acceptors (Lipinski definition) is 6. The minimum atomic E-state index is 0.0387. The Kier molecular flexibility index (Phi) is 6.54. The predicted molar refractivity (Wildman–Crippen MR) is 105 cm³/mol. The summed E-state index contributed by atoms with van der Waals surface area (Å²) in [5, 5.41) is 7.20. The fraction of sp³-hybridized carbons (Fsp3) is 0.571. The van der Waals surface area contributed by atoms with Gasteiger partial charge in [-0.1, -0.05) is 31.8 Å². The summed E-state index contributed by atoms with van der Waals surface area (Å²) in [7, 11) is 3.17. The fourth-order valence-electron chi connectivity index (χ4n) is 3.73. The van der Waals surface area contributed by atoms with Crippen molar-refractivity contribution in [1.82, 2.24) is 15.5 Å². The van der Waals surface area contributed by atoms with Crippen molar-refractivity contribution in [2.24, 2.45) is 11.8 Å². The molecule has 1 amide bonds. The lowest BCUT2D eigenvalue weighted by molar-refractivity contribution is -0.122. The SMILES string of the molecule is COc1ccc(-c2noc(CCC(=O)NC3CCCC(C)C3C)n2)cc1OC. The van der Waals surface area contributed by atoms with Crippen LogP contribution in [-0.4, -0.2) is 36.3 Å². The monoisotopic (exact) mass is 387 g/mol. The van der Waals surface area contributed by atoms with E-state index in [1.165, 1.54) is 12.8 Å². The number of methoxy groups -OCH3 is 2. The Morgan fingerprint density at radius 1 is 1.21 bits per heavy atom. The van der Waals surface area contributed by atoms with Crippen LogP contribution >= 0.6 is 0 Å². The van der Waals surface area contributed by atoms with Gasteiger partial charge in [0.05, 0.1) is 14.2 Å². The number of rotatable bonds is 7. The van der Waals surface area contributed by atoms with Gasteiger partial charge in [0.2, 0.25) is 17.6 Å². The molecule has 0 spiro atoms. The zero-order valence-corrected chi connectivity index (χ0v) is 17.0. The number of benzene rings is 1. The van der Waals surface area contributed by atoms with Gasteiger partial charge in [0.1, 0.15) is 0 Å². The van der Waals surface area contributed by atoms with Crippen molar-refractivity contribution in [2.45, 2.75) is 52.0 Å². The summed E-state index contributed by atoms with van der Waals surface area (Å²) in [6.45, 7) is 4.49. The number of carbonyl (C=O) groups is 1. The van der Waals surface area contributed by atoms with Crippen molar-refractivity contribution in [3.63, 3.8) is 0 Å². The Morgan fingerprint density at radius 3 is 2.75 bits per heavy atom. The number of carbonyl (C=O) groups excluding carboxylic acids is 1. The second-order valence-electron chi connectivity index (χ2n) is 7.52. The Hall–Kier alpha value is -2.57. The normalized spacial score (nSPS) is 21.9. The quantitative estimate of drug-likeness (QED) is 0.781. The number of nitrogens with zero attached hydrogens (tertiary/aromatic N) is 2. The summed E-state index contributed by atoms with van der Waals surface area (Å²) in [4.78, 5) is 16.7. The van der Waals surface area contributed by atoms with Gasteiger partial charge in [0.15, 0.2) is 11.5 Å². The highest BCUT2D eigenvalue weighted by Gasteiger charge is 2.28. The van der Waals surface area contributed by atoms with Gasteiger partial charge in [-0.2, -0.15) is 4.98 Å². The van der Waals surface area contributed by atoms with E-state index in [1.807, 2.05) is 6.07 Å². The molecule has 0 radical (unpaired) electrons. The van der Waals surface area contributed by atoms with Gasteiger partial charge in [-0.3, -0.25) is 4.79 Å². The van der Waals surface area contributed by atoms with Crippen molar-refractivity contribution in [1.29, 1.82) is 0 Å². The van der Waals surface area contributed by atoms with Crippen molar-refractivity contribution in [3.8, 4) is 22.9 Å². The third-order valence-electron chi connectivity index (χ3n) is 5.73. The van der Waals surface area contributed by atoms with Gasteiger partial charge in [-0.25, -0.2) is 0 Å². The highest BCUT2D eigenvalue weighted by atomic mass is 16.5. The van der Waals surface area contributed by atoms with Gasteiger partial charge < -0.3 is 19.3 Å². The molecule has 3 unspecified atom stereocenters. The molecule has 3 atom stereocenters. The van der Waals surface area contributed by atoms with E-state index >= 15 is 0 Å². The largest absolute Gasteiger partial charge is 0.493 e. The summed E-state index contributed by atoms with van der Waals surface area (Å²) in [5.41, 5.74) is 0.766. The molecular formula is C21H29N3O4. The zero-order chi connectivity index (χ0) is 20.1. The molecule has 1 saturated carbocycles. The first kappa shape index (κ1) is 20.2. The van der Waals surface area contributed by atoms with Crippen molar-refractivity contribution >= 4 is 5.91 Å². The number of nitrogens with one attached hydrogen (secondary N) is 1. The average molecular weight is 387 g/mol. The number of aryl methyl sites for hydroxylation is 1. The van der Waals surface area contributed by atoms with Crippen LogP contribution in [0.1, 0.15) is 45.4 Å². The van der Waals surface area contributed by atoms with Gasteiger partial charge in [0, 0.05) is 24.4 Å². The van der Waals surface area contributed by atoms with E-state index < -0.39 is 0 Å². The summed E-state index contributed by atoms with van der Waals surface area (Å²) in [6, 6.07) is 5.70. The first-order valence-corrected chi connectivity index (χ1v) is 9.86. The zero-order valence-electron chi connectivity index (χ0n) is 17.0. The summed E-state index contributed by atoms with van der Waals surface area (Å²) in [6.07, 6.45) is 4.23. The van der Waals surface area contributed by atoms with E-state index in [9.17, 15) is 4.79 Å². The molecule has 1 aromatic carbocycles. The Morgan fingerprint density at radius 2 is 2.00 bits per heavy atom. The number of ether oxygens (including phenoxy) is 2. The lowest BCUT2D eigenvalue weighted by atomic mass is 9.78. The molecule has 7 nitrogen and oxygen atoms in total. The van der Waals surface area contributed by atoms with Crippen molar-refractivity contribution in [3.05, 3.63) is 24.1 Å². The second kappa shape index (κ2) is 9.08. The first-order valence-electron chi connectivity index (χ1n) is 9.86. The highest BCUT2D eigenvalue weighted by molar-refractivity contribution is 5.76. The maximum absolute atomic E-state index is 12.3. The van der Waals surface area contributed by atoms with Crippen LogP contribution in [0.3, 0.4) is 0 Å². The molecule has 28 heavy (non-hydrogen) atoms. The van der Waals surface area contributed by atoms with Crippen molar-refractivity contribution in [2.75, 3.05) is 14.2 Å². The van der Waals surface area contributed by atoms with Crippen molar-refractivity contribution < 1.29 is 18.8 Å². The first-order chi connectivity index (χ1) is 13.5. The maximum Gasteiger partial charge on any atom is 0.227 e. The molecular weight excluding hydrogens is 358 g/mol. The van der Waals surface area contributed by atoms with Crippen LogP contribution in [0.25, 0.3) is 11.4 Å². The smallest absolute Gasteiger partial charge is 0.227 e. The fourth-order valence-corrected chi connectivity index (χ4v) is 3.73. The number of amides is 1. The van der Waals surface area contributed by atoms with Crippen LogP contribution in [0.5, 0.6) is 11.5 Å². The van der Waals surface area contributed by atoms with E-state index in [4.69, 9.17) is 14.0 Å². The van der Waals surface area contributed by atoms with Crippen LogP contribution in [-0.2, 0) is 11.2 Å². The molecule has 2 aromatic rings. The Balaban J connectivity index is 1.57. The van der Waals surface area contributed by atoms with E-state index in [0.29, 0.717) is 47.9 Å². The standard InChI is InChI=1S/C21H29N3O4/c1-13-6-5-7-16(14(13)2)22-19(25)10-11-20-23-21(24-28-20)15-8-9-17(26-3)18(12-15)27-4/h8-9,12-14,16H,5-7,10-11H2,1-4H3,(H,22,25). The summed E-state index contributed by atoms with van der Waals surface area (Å²) in [5.74, 6) is 3.35. The van der Waals surface area contributed by atoms with Crippen LogP contribution in [0.4, 0.5) is 0 Å². The van der Waals surface area contributed by atoms with Crippen LogP contribution in [0.15, 0.2) is 22.7 Å². The van der Waals surface area contributed by atoms with Crippen LogP contribution in [0, 0.1) is 11.8 Å². The van der Waals surface area contributed by atoms with Crippen LogP contribution < -0.4 is 14.8 Å². The minimum absolute atomic E-state index is 0.0387. The van der Waals surface area contributed by atoms with Gasteiger partial charge in [-0.05, 0) is 36.5 Å². The number of hydrogen-bond donors (Lipinski definition) is 1. The van der Waals surface area contributed by atoms with Gasteiger partial charge in [-0.15, -0.1) is 0 Å². The van der Waals surface area contributed by atoms with Crippen LogP contribution in [0.2, 0.25) is 0 Å².